The predicted octanol–water partition coefficient (Wildman–Crippen LogP) is 4.13. The van der Waals surface area contributed by atoms with E-state index in [2.05, 4.69) is 12.6 Å². The Hall–Kier alpha value is -1.98. The minimum Gasteiger partial charge on any atom is -0.488 e. The summed E-state index contributed by atoms with van der Waals surface area (Å²) in [6.07, 6.45) is 0. The van der Waals surface area contributed by atoms with Crippen molar-refractivity contribution in [1.82, 2.24) is 0 Å². The molecule has 0 unspecified atom stereocenters. The highest BCUT2D eigenvalue weighted by Gasteiger charge is 2.12. The molecule has 0 aliphatic rings. The maximum absolute atomic E-state index is 7.82. The van der Waals surface area contributed by atoms with Gasteiger partial charge in [0.05, 0.1) is 5.56 Å². The first-order valence-corrected chi connectivity index (χ1v) is 6.89. The second-order valence-corrected chi connectivity index (χ2v) is 4.99. The third kappa shape index (κ3) is 4.51. The van der Waals surface area contributed by atoms with Crippen LogP contribution in [0.5, 0.6) is 5.75 Å². The summed E-state index contributed by atoms with van der Waals surface area (Å²) in [6, 6.07) is 14.5. The molecular weight excluding hydrogens is 308 g/mol. The standard InChI is InChI=1S/C15H13ClN2O2S/c16-11-6-7-12(14(17)20-15(18)21)13(8-11)19-9-10-4-2-1-3-5-10/h1-8,17H,9H2,(H2,18,21). The van der Waals surface area contributed by atoms with Crippen LogP contribution in [0.1, 0.15) is 11.1 Å². The van der Waals surface area contributed by atoms with Crippen LogP contribution in [0, 0.1) is 10.8 Å². The molecule has 0 saturated carbocycles. The number of thiol groups is 1. The van der Waals surface area contributed by atoms with Gasteiger partial charge >= 0.3 is 0 Å². The van der Waals surface area contributed by atoms with Gasteiger partial charge in [-0.15, -0.1) is 0 Å². The van der Waals surface area contributed by atoms with E-state index in [1.807, 2.05) is 30.3 Å². The highest BCUT2D eigenvalue weighted by molar-refractivity contribution is 7.96. The minimum absolute atomic E-state index is 0.213. The fourth-order valence-corrected chi connectivity index (χ4v) is 1.94. The molecule has 0 spiro atoms. The van der Waals surface area contributed by atoms with Crippen LogP contribution in [0.4, 0.5) is 0 Å². The number of halogens is 1. The number of hydrogen-bond donors (Lipinski definition) is 3. The molecule has 0 aromatic heterocycles. The van der Waals surface area contributed by atoms with Gasteiger partial charge in [-0.05, 0) is 23.8 Å². The smallest absolute Gasteiger partial charge is 0.246 e. The van der Waals surface area contributed by atoms with Crippen molar-refractivity contribution >= 4 is 35.4 Å². The van der Waals surface area contributed by atoms with Crippen LogP contribution in [0.25, 0.3) is 0 Å². The second kappa shape index (κ2) is 7.15. The first-order valence-electron chi connectivity index (χ1n) is 6.07. The Morgan fingerprint density at radius 2 is 1.81 bits per heavy atom. The van der Waals surface area contributed by atoms with Crippen LogP contribution < -0.4 is 4.74 Å². The molecule has 0 saturated heterocycles. The Labute approximate surface area is 133 Å². The van der Waals surface area contributed by atoms with Crippen LogP contribution in [-0.4, -0.2) is 11.1 Å². The maximum Gasteiger partial charge on any atom is 0.246 e. The average Bonchev–Trinajstić information content (AvgIpc) is 2.45. The highest BCUT2D eigenvalue weighted by Crippen LogP contribution is 2.25. The SMILES string of the molecule is N=C(S)OC(=N)c1ccc(Cl)cc1OCc1ccccc1. The topological polar surface area (TPSA) is 66.2 Å². The van der Waals surface area contributed by atoms with Crippen molar-refractivity contribution in [2.24, 2.45) is 0 Å². The fourth-order valence-electron chi connectivity index (χ4n) is 1.69. The zero-order valence-corrected chi connectivity index (χ0v) is 12.6. The normalized spacial score (nSPS) is 10.0. The summed E-state index contributed by atoms with van der Waals surface area (Å²) in [4.78, 5) is 0. The van der Waals surface area contributed by atoms with Gasteiger partial charge in [0, 0.05) is 5.02 Å². The molecule has 108 valence electrons. The van der Waals surface area contributed by atoms with Crippen molar-refractivity contribution in [2.75, 3.05) is 0 Å². The highest BCUT2D eigenvalue weighted by atomic mass is 35.5. The lowest BCUT2D eigenvalue weighted by Crippen LogP contribution is -2.10. The van der Waals surface area contributed by atoms with E-state index >= 15 is 0 Å². The van der Waals surface area contributed by atoms with Crippen molar-refractivity contribution in [2.45, 2.75) is 6.61 Å². The van der Waals surface area contributed by atoms with E-state index in [-0.39, 0.29) is 11.1 Å². The molecule has 0 aliphatic carbocycles. The molecule has 2 aromatic carbocycles. The lowest BCUT2D eigenvalue weighted by Gasteiger charge is -2.12. The van der Waals surface area contributed by atoms with Gasteiger partial charge in [-0.1, -0.05) is 54.6 Å². The third-order valence-corrected chi connectivity index (χ3v) is 2.95. The Morgan fingerprint density at radius 1 is 1.10 bits per heavy atom. The summed E-state index contributed by atoms with van der Waals surface area (Å²) in [5.41, 5.74) is 1.41. The van der Waals surface area contributed by atoms with Gasteiger partial charge in [0.2, 0.25) is 11.1 Å². The van der Waals surface area contributed by atoms with E-state index in [9.17, 15) is 0 Å². The molecule has 2 rings (SSSR count). The van der Waals surface area contributed by atoms with E-state index in [1.54, 1.807) is 18.2 Å². The molecule has 2 N–H and O–H groups in total. The summed E-state index contributed by atoms with van der Waals surface area (Å²) in [7, 11) is 0. The summed E-state index contributed by atoms with van der Waals surface area (Å²) in [5.74, 6) is 0.209. The van der Waals surface area contributed by atoms with Crippen LogP contribution in [0.2, 0.25) is 5.02 Å². The lowest BCUT2D eigenvalue weighted by molar-refractivity contribution is 0.304. The van der Waals surface area contributed by atoms with Crippen LogP contribution in [0.3, 0.4) is 0 Å². The van der Waals surface area contributed by atoms with E-state index < -0.39 is 0 Å². The average molecular weight is 321 g/mol. The summed E-state index contributed by atoms with van der Waals surface area (Å²) in [6.45, 7) is 0.347. The third-order valence-electron chi connectivity index (χ3n) is 2.62. The molecule has 0 bridgehead atoms. The number of hydrogen-bond acceptors (Lipinski definition) is 4. The number of rotatable bonds is 4. The van der Waals surface area contributed by atoms with Crippen molar-refractivity contribution < 1.29 is 9.47 Å². The van der Waals surface area contributed by atoms with Gasteiger partial charge in [0.25, 0.3) is 0 Å². The van der Waals surface area contributed by atoms with Crippen molar-refractivity contribution in [3.8, 4) is 5.75 Å². The predicted molar refractivity (Wildman–Crippen MR) is 86.9 cm³/mol. The number of benzene rings is 2. The maximum atomic E-state index is 7.82. The van der Waals surface area contributed by atoms with Crippen molar-refractivity contribution in [3.63, 3.8) is 0 Å². The van der Waals surface area contributed by atoms with E-state index in [0.717, 1.165) is 5.56 Å². The van der Waals surface area contributed by atoms with E-state index in [0.29, 0.717) is 22.9 Å². The largest absolute Gasteiger partial charge is 0.488 e. The fraction of sp³-hybridized carbons (Fsp3) is 0.0667. The molecule has 0 heterocycles. The molecular formula is C15H13ClN2O2S. The summed E-state index contributed by atoms with van der Waals surface area (Å²) >= 11 is 9.67. The lowest BCUT2D eigenvalue weighted by atomic mass is 10.2. The van der Waals surface area contributed by atoms with Crippen LogP contribution in [-0.2, 0) is 11.3 Å². The zero-order chi connectivity index (χ0) is 15.2. The molecule has 0 fully saturated rings. The molecule has 0 radical (unpaired) electrons. The molecule has 0 atom stereocenters. The van der Waals surface area contributed by atoms with Gasteiger partial charge < -0.3 is 9.47 Å². The van der Waals surface area contributed by atoms with Gasteiger partial charge in [0.1, 0.15) is 12.4 Å². The summed E-state index contributed by atoms with van der Waals surface area (Å²) in [5, 5.41) is 15.1. The first kappa shape index (κ1) is 15.4. The Balaban J connectivity index is 2.19. The van der Waals surface area contributed by atoms with Crippen LogP contribution >= 0.6 is 24.2 Å². The Morgan fingerprint density at radius 3 is 2.48 bits per heavy atom. The van der Waals surface area contributed by atoms with Crippen molar-refractivity contribution in [3.05, 3.63) is 64.7 Å². The molecule has 0 amide bonds. The zero-order valence-electron chi connectivity index (χ0n) is 11.0. The van der Waals surface area contributed by atoms with E-state index in [4.69, 9.17) is 31.9 Å². The van der Waals surface area contributed by atoms with Gasteiger partial charge in [-0.2, -0.15) is 0 Å². The van der Waals surface area contributed by atoms with Gasteiger partial charge in [-0.25, -0.2) is 0 Å². The van der Waals surface area contributed by atoms with Crippen molar-refractivity contribution in [1.29, 1.82) is 10.8 Å². The quantitative estimate of drug-likeness (QED) is 0.450. The first-order chi connectivity index (χ1) is 10.1. The molecule has 21 heavy (non-hydrogen) atoms. The van der Waals surface area contributed by atoms with E-state index in [1.165, 1.54) is 0 Å². The van der Waals surface area contributed by atoms with Gasteiger partial charge in [0.15, 0.2) is 0 Å². The Kier molecular flexibility index (Phi) is 5.25. The molecule has 6 heteroatoms. The van der Waals surface area contributed by atoms with Crippen LogP contribution in [0.15, 0.2) is 48.5 Å². The number of nitrogens with one attached hydrogen (secondary N) is 2. The molecule has 0 aliphatic heterocycles. The Bertz CT molecular complexity index is 662. The second-order valence-electron chi connectivity index (χ2n) is 4.15. The van der Waals surface area contributed by atoms with Gasteiger partial charge in [-0.3, -0.25) is 10.8 Å². The number of ether oxygens (including phenoxy) is 2. The monoisotopic (exact) mass is 320 g/mol. The molecule has 2 aromatic rings. The molecule has 4 nitrogen and oxygen atoms in total. The minimum atomic E-state index is -0.357. The summed E-state index contributed by atoms with van der Waals surface area (Å²) < 4.78 is 10.6.